The van der Waals surface area contributed by atoms with Crippen molar-refractivity contribution >= 4 is 11.5 Å². The molecular weight excluding hydrogens is 420 g/mol. The van der Waals surface area contributed by atoms with Gasteiger partial charge in [-0.25, -0.2) is 4.98 Å². The Balaban J connectivity index is 0.894. The van der Waals surface area contributed by atoms with Crippen molar-refractivity contribution < 1.29 is 4.79 Å². The van der Waals surface area contributed by atoms with Crippen molar-refractivity contribution in [3.8, 4) is 0 Å². The molecule has 1 aromatic carbocycles. The van der Waals surface area contributed by atoms with Crippen LogP contribution in [-0.4, -0.2) is 39.1 Å². The van der Waals surface area contributed by atoms with Gasteiger partial charge >= 0.3 is 0 Å². The molecule has 34 heavy (non-hydrogen) atoms. The summed E-state index contributed by atoms with van der Waals surface area (Å²) >= 11 is 0. The highest BCUT2D eigenvalue weighted by Crippen LogP contribution is 2.56. The Bertz CT molecular complexity index is 1200. The third kappa shape index (κ3) is 3.38. The molecule has 176 valence electrons. The van der Waals surface area contributed by atoms with E-state index in [0.717, 1.165) is 56.8 Å². The monoisotopic (exact) mass is 454 g/mol. The second-order valence-electron chi connectivity index (χ2n) is 12.0. The summed E-state index contributed by atoms with van der Waals surface area (Å²) in [6.07, 6.45) is 10.2. The maximum absolute atomic E-state index is 13.0. The summed E-state index contributed by atoms with van der Waals surface area (Å²) in [4.78, 5) is 19.9. The van der Waals surface area contributed by atoms with Gasteiger partial charge in [0.15, 0.2) is 5.82 Å². The van der Waals surface area contributed by atoms with E-state index < -0.39 is 0 Å². The zero-order valence-electron chi connectivity index (χ0n) is 20.3. The molecule has 5 aliphatic rings. The maximum atomic E-state index is 13.0. The first-order valence-corrected chi connectivity index (χ1v) is 13.1. The first-order valence-electron chi connectivity index (χ1n) is 13.1. The molecule has 0 unspecified atom stereocenters. The number of hydrogen-bond acceptors (Lipinski definition) is 3. The second-order valence-corrected chi connectivity index (χ2v) is 12.0. The van der Waals surface area contributed by atoms with Gasteiger partial charge in [-0.05, 0) is 81.4 Å². The number of H-pyrrole nitrogens is 1. The number of amides is 1. The molecule has 4 aliphatic carbocycles. The summed E-state index contributed by atoms with van der Waals surface area (Å²) in [6, 6.07) is 9.11. The lowest BCUT2D eigenvalue weighted by Gasteiger charge is -2.59. The lowest BCUT2D eigenvalue weighted by molar-refractivity contribution is -0.159. The number of hydrogen-bond donors (Lipinski definition) is 1. The standard InChI is InChI=1S/C29H34N4O/c1-17-9-18(2)25(10-17)20-5-3-19(4-6-20)22-11-23(12-22)28(34)33-15-29(16-33)13-24(14-29)27-30-26(31-32-27)21-7-8-21/h3-6,10,21-24H,7-9,11-16H2,1-2H3,(H,30,31,32). The van der Waals surface area contributed by atoms with Gasteiger partial charge in [0.05, 0.1) is 0 Å². The Morgan fingerprint density at radius 2 is 1.76 bits per heavy atom. The number of rotatable bonds is 5. The summed E-state index contributed by atoms with van der Waals surface area (Å²) in [6.45, 7) is 6.33. The SMILES string of the molecule is CC1=CC(c2ccc(C3CC(C(=O)N4CC5(CC(c6n[nH]c(C7CC7)n6)C5)C4)C3)cc2)=C(C)C1. The van der Waals surface area contributed by atoms with Gasteiger partial charge in [0.2, 0.25) is 5.91 Å². The smallest absolute Gasteiger partial charge is 0.225 e. The first-order chi connectivity index (χ1) is 16.5. The van der Waals surface area contributed by atoms with Crippen LogP contribution in [0.25, 0.3) is 5.57 Å². The normalized spacial score (nSPS) is 27.9. The predicted octanol–water partition coefficient (Wildman–Crippen LogP) is 5.71. The van der Waals surface area contributed by atoms with Crippen molar-refractivity contribution in [1.82, 2.24) is 20.1 Å². The molecule has 5 nitrogen and oxygen atoms in total. The van der Waals surface area contributed by atoms with Crippen molar-refractivity contribution in [1.29, 1.82) is 0 Å². The largest absolute Gasteiger partial charge is 0.341 e. The lowest BCUT2D eigenvalue weighted by atomic mass is 9.57. The van der Waals surface area contributed by atoms with E-state index in [4.69, 9.17) is 4.98 Å². The molecule has 1 aliphatic heterocycles. The number of nitrogens with one attached hydrogen (secondary N) is 1. The van der Waals surface area contributed by atoms with Crippen molar-refractivity contribution in [3.05, 3.63) is 64.3 Å². The van der Waals surface area contributed by atoms with E-state index in [9.17, 15) is 4.79 Å². The highest BCUT2D eigenvalue weighted by atomic mass is 16.2. The number of carbonyl (C=O) groups excluding carboxylic acids is 1. The van der Waals surface area contributed by atoms with E-state index in [1.807, 2.05) is 0 Å². The highest BCUT2D eigenvalue weighted by molar-refractivity contribution is 5.82. The summed E-state index contributed by atoms with van der Waals surface area (Å²) in [7, 11) is 0. The van der Waals surface area contributed by atoms with Crippen LogP contribution in [-0.2, 0) is 4.79 Å². The maximum Gasteiger partial charge on any atom is 0.225 e. The van der Waals surface area contributed by atoms with Gasteiger partial charge in [-0.1, -0.05) is 41.5 Å². The van der Waals surface area contributed by atoms with Crippen molar-refractivity contribution in [3.63, 3.8) is 0 Å². The Kier molecular flexibility index (Phi) is 4.50. The molecule has 3 saturated carbocycles. The third-order valence-electron chi connectivity index (χ3n) is 9.15. The first kappa shape index (κ1) is 20.7. The number of benzene rings is 1. The summed E-state index contributed by atoms with van der Waals surface area (Å²) in [5.41, 5.74) is 7.37. The third-order valence-corrected chi connectivity index (χ3v) is 9.15. The molecule has 0 bridgehead atoms. The molecule has 1 N–H and O–H groups in total. The van der Waals surface area contributed by atoms with E-state index in [1.165, 1.54) is 40.7 Å². The van der Waals surface area contributed by atoms with Crippen LogP contribution in [0.15, 0.2) is 41.5 Å². The van der Waals surface area contributed by atoms with Gasteiger partial charge in [0.25, 0.3) is 0 Å². The minimum atomic E-state index is 0.220. The van der Waals surface area contributed by atoms with E-state index in [2.05, 4.69) is 59.3 Å². The predicted molar refractivity (Wildman–Crippen MR) is 132 cm³/mol. The fourth-order valence-corrected chi connectivity index (χ4v) is 6.90. The Morgan fingerprint density at radius 1 is 1.03 bits per heavy atom. The average molecular weight is 455 g/mol. The molecule has 1 spiro atoms. The summed E-state index contributed by atoms with van der Waals surface area (Å²) in [5, 5.41) is 7.62. The number of aromatic nitrogens is 3. The van der Waals surface area contributed by atoms with Crippen LogP contribution in [0.4, 0.5) is 0 Å². The summed E-state index contributed by atoms with van der Waals surface area (Å²) in [5.74, 6) is 4.37. The average Bonchev–Trinajstić information content (AvgIpc) is 3.37. The lowest BCUT2D eigenvalue weighted by Crippen LogP contribution is -2.64. The van der Waals surface area contributed by atoms with Crippen LogP contribution >= 0.6 is 0 Å². The number of allylic oxidation sites excluding steroid dienone is 4. The molecule has 1 amide bonds. The van der Waals surface area contributed by atoms with Crippen LogP contribution < -0.4 is 0 Å². The molecule has 2 aromatic rings. The molecule has 7 rings (SSSR count). The zero-order chi connectivity index (χ0) is 23.0. The zero-order valence-corrected chi connectivity index (χ0v) is 20.3. The number of nitrogens with zero attached hydrogens (tertiary/aromatic N) is 3. The van der Waals surface area contributed by atoms with Crippen LogP contribution in [0, 0.1) is 11.3 Å². The number of carbonyl (C=O) groups is 1. The van der Waals surface area contributed by atoms with Crippen molar-refractivity contribution in [2.45, 2.75) is 76.5 Å². The molecule has 5 heteroatoms. The Labute approximate surface area is 201 Å². The topological polar surface area (TPSA) is 61.9 Å². The van der Waals surface area contributed by atoms with Crippen LogP contribution in [0.1, 0.15) is 99.3 Å². The van der Waals surface area contributed by atoms with Crippen LogP contribution in [0.3, 0.4) is 0 Å². The van der Waals surface area contributed by atoms with E-state index in [0.29, 0.717) is 29.1 Å². The molecule has 0 radical (unpaired) electrons. The van der Waals surface area contributed by atoms with E-state index in [1.54, 1.807) is 0 Å². The van der Waals surface area contributed by atoms with Gasteiger partial charge < -0.3 is 4.90 Å². The quantitative estimate of drug-likeness (QED) is 0.630. The Morgan fingerprint density at radius 3 is 2.41 bits per heavy atom. The minimum Gasteiger partial charge on any atom is -0.341 e. The van der Waals surface area contributed by atoms with E-state index in [-0.39, 0.29) is 5.92 Å². The van der Waals surface area contributed by atoms with Crippen molar-refractivity contribution in [2.24, 2.45) is 11.3 Å². The highest BCUT2D eigenvalue weighted by Gasteiger charge is 2.56. The molecule has 0 atom stereocenters. The van der Waals surface area contributed by atoms with Gasteiger partial charge in [0, 0.05) is 36.3 Å². The fraction of sp³-hybridized carbons (Fsp3) is 0.552. The molecule has 1 saturated heterocycles. The molecule has 1 aromatic heterocycles. The minimum absolute atomic E-state index is 0.220. The molecule has 4 fully saturated rings. The van der Waals surface area contributed by atoms with Crippen molar-refractivity contribution in [2.75, 3.05) is 13.1 Å². The van der Waals surface area contributed by atoms with Crippen LogP contribution in [0.2, 0.25) is 0 Å². The second kappa shape index (κ2) is 7.40. The Hall–Kier alpha value is -2.69. The van der Waals surface area contributed by atoms with Gasteiger partial charge in [-0.15, -0.1) is 0 Å². The van der Waals surface area contributed by atoms with Crippen LogP contribution in [0.5, 0.6) is 0 Å². The van der Waals surface area contributed by atoms with Gasteiger partial charge in [-0.3, -0.25) is 9.89 Å². The number of likely N-dealkylation sites (tertiary alicyclic amines) is 1. The van der Waals surface area contributed by atoms with Gasteiger partial charge in [0.1, 0.15) is 5.82 Å². The fourth-order valence-electron chi connectivity index (χ4n) is 6.90. The molecular formula is C29H34N4O. The summed E-state index contributed by atoms with van der Waals surface area (Å²) < 4.78 is 0. The van der Waals surface area contributed by atoms with E-state index >= 15 is 0 Å². The van der Waals surface area contributed by atoms with Gasteiger partial charge in [-0.2, -0.15) is 5.10 Å². The molecule has 2 heterocycles. The number of aromatic amines is 1.